The molecule has 0 saturated carbocycles. The van der Waals surface area contributed by atoms with Crippen LogP contribution in [0, 0.1) is 6.92 Å². The first-order chi connectivity index (χ1) is 11.7. The standard InChI is InChI=1S/C17H27N3O3S2/c1-4-13(3)24-15-7-8-16(12(2)10-15)19-17(21)20-9-5-6-14(20)11-25(18,22)23/h7-8,10,13-14H,4-6,9,11H2,1-3H3,(H,19,21)(H2,18,22,23)/t13-,14+/m1/s1. The largest absolute Gasteiger partial charge is 0.322 e. The zero-order valence-electron chi connectivity index (χ0n) is 15.0. The number of carbonyl (C=O) groups excluding carboxylic acids is 1. The van der Waals surface area contributed by atoms with Gasteiger partial charge in [-0.2, -0.15) is 0 Å². The number of benzene rings is 1. The highest BCUT2D eigenvalue weighted by atomic mass is 32.2. The van der Waals surface area contributed by atoms with Crippen molar-refractivity contribution in [3.8, 4) is 0 Å². The van der Waals surface area contributed by atoms with Crippen LogP contribution in [0.25, 0.3) is 0 Å². The molecule has 3 N–H and O–H groups in total. The van der Waals surface area contributed by atoms with Crippen molar-refractivity contribution in [1.29, 1.82) is 0 Å². The van der Waals surface area contributed by atoms with E-state index in [1.807, 2.05) is 30.8 Å². The number of sulfonamides is 1. The molecule has 0 spiro atoms. The Hall–Kier alpha value is -1.25. The van der Waals surface area contributed by atoms with Crippen molar-refractivity contribution < 1.29 is 13.2 Å². The van der Waals surface area contributed by atoms with Gasteiger partial charge in [0.15, 0.2) is 0 Å². The molecule has 1 aromatic rings. The number of nitrogens with two attached hydrogens (primary N) is 1. The number of amides is 2. The van der Waals surface area contributed by atoms with Crippen molar-refractivity contribution in [2.45, 2.75) is 56.2 Å². The second kappa shape index (κ2) is 8.42. The van der Waals surface area contributed by atoms with Gasteiger partial charge in [0, 0.05) is 28.4 Å². The maximum Gasteiger partial charge on any atom is 0.322 e. The lowest BCUT2D eigenvalue weighted by molar-refractivity contribution is 0.210. The topological polar surface area (TPSA) is 92.5 Å². The fraction of sp³-hybridized carbons (Fsp3) is 0.588. The number of thioether (sulfide) groups is 1. The van der Waals surface area contributed by atoms with Crippen molar-refractivity contribution in [3.63, 3.8) is 0 Å². The molecule has 2 rings (SSSR count). The molecule has 0 bridgehead atoms. The maximum absolute atomic E-state index is 12.5. The Morgan fingerprint density at radius 3 is 2.80 bits per heavy atom. The van der Waals surface area contributed by atoms with Crippen LogP contribution in [0.1, 0.15) is 38.7 Å². The van der Waals surface area contributed by atoms with E-state index in [4.69, 9.17) is 5.14 Å². The van der Waals surface area contributed by atoms with Crippen LogP contribution in [0.5, 0.6) is 0 Å². The number of aryl methyl sites for hydroxylation is 1. The van der Waals surface area contributed by atoms with Gasteiger partial charge in [-0.25, -0.2) is 18.4 Å². The van der Waals surface area contributed by atoms with Gasteiger partial charge in [0.1, 0.15) is 0 Å². The number of primary sulfonamides is 1. The molecule has 0 radical (unpaired) electrons. The first-order valence-electron chi connectivity index (χ1n) is 8.55. The van der Waals surface area contributed by atoms with Crippen molar-refractivity contribution in [3.05, 3.63) is 23.8 Å². The highest BCUT2D eigenvalue weighted by molar-refractivity contribution is 7.99. The van der Waals surface area contributed by atoms with Gasteiger partial charge in [0.25, 0.3) is 0 Å². The molecule has 8 heteroatoms. The molecule has 0 unspecified atom stereocenters. The van der Waals surface area contributed by atoms with Crippen molar-refractivity contribution in [2.75, 3.05) is 17.6 Å². The number of hydrogen-bond donors (Lipinski definition) is 2. The molecule has 0 aliphatic carbocycles. The quantitative estimate of drug-likeness (QED) is 0.736. The number of nitrogens with zero attached hydrogens (tertiary/aromatic N) is 1. The molecule has 25 heavy (non-hydrogen) atoms. The van der Waals surface area contributed by atoms with Gasteiger partial charge in [0.2, 0.25) is 10.0 Å². The lowest BCUT2D eigenvalue weighted by atomic mass is 10.2. The number of carbonyl (C=O) groups is 1. The summed E-state index contributed by atoms with van der Waals surface area (Å²) in [6.45, 7) is 6.86. The minimum absolute atomic E-state index is 0.191. The molecule has 2 atom stereocenters. The molecule has 140 valence electrons. The minimum atomic E-state index is -3.60. The minimum Gasteiger partial charge on any atom is -0.320 e. The van der Waals surface area contributed by atoms with Gasteiger partial charge in [-0.3, -0.25) is 0 Å². The number of urea groups is 1. The molecular weight excluding hydrogens is 358 g/mol. The Morgan fingerprint density at radius 2 is 2.20 bits per heavy atom. The van der Waals surface area contributed by atoms with Gasteiger partial charge in [-0.05, 0) is 49.9 Å². The SMILES string of the molecule is CC[C@@H](C)Sc1ccc(NC(=O)N2CCC[C@H]2CS(N)(=O)=O)c(C)c1. The number of hydrogen-bond acceptors (Lipinski definition) is 4. The van der Waals surface area contributed by atoms with E-state index in [0.29, 0.717) is 18.2 Å². The third-order valence-electron chi connectivity index (χ3n) is 4.41. The molecule has 1 aliphatic heterocycles. The molecule has 1 fully saturated rings. The van der Waals surface area contributed by atoms with E-state index in [2.05, 4.69) is 25.2 Å². The van der Waals surface area contributed by atoms with E-state index in [9.17, 15) is 13.2 Å². The summed E-state index contributed by atoms with van der Waals surface area (Å²) in [4.78, 5) is 15.3. The van der Waals surface area contributed by atoms with Crippen molar-refractivity contribution in [2.24, 2.45) is 5.14 Å². The predicted octanol–water partition coefficient (Wildman–Crippen LogP) is 3.17. The number of nitrogens with one attached hydrogen (secondary N) is 1. The zero-order valence-corrected chi connectivity index (χ0v) is 16.6. The molecule has 1 aliphatic rings. The van der Waals surface area contributed by atoms with E-state index in [-0.39, 0.29) is 17.8 Å². The summed E-state index contributed by atoms with van der Waals surface area (Å²) < 4.78 is 22.7. The van der Waals surface area contributed by atoms with E-state index >= 15 is 0 Å². The number of likely N-dealkylation sites (tertiary alicyclic amines) is 1. The lowest BCUT2D eigenvalue weighted by Crippen LogP contribution is -2.43. The van der Waals surface area contributed by atoms with Crippen LogP contribution in [-0.2, 0) is 10.0 Å². The van der Waals surface area contributed by atoms with Gasteiger partial charge in [-0.15, -0.1) is 11.8 Å². The third kappa shape index (κ3) is 5.90. The van der Waals surface area contributed by atoms with Gasteiger partial charge < -0.3 is 10.2 Å². The van der Waals surface area contributed by atoms with E-state index in [0.717, 1.165) is 24.1 Å². The summed E-state index contributed by atoms with van der Waals surface area (Å²) in [7, 11) is -3.60. The summed E-state index contributed by atoms with van der Waals surface area (Å²) in [5.74, 6) is -0.191. The second-order valence-corrected chi connectivity index (χ2v) is 9.73. The molecule has 0 aromatic heterocycles. The lowest BCUT2D eigenvalue weighted by Gasteiger charge is -2.24. The molecule has 1 aromatic carbocycles. The van der Waals surface area contributed by atoms with Crippen molar-refractivity contribution >= 4 is 33.5 Å². The van der Waals surface area contributed by atoms with Crippen LogP contribution in [0.2, 0.25) is 0 Å². The molecule has 1 heterocycles. The Kier molecular flexibility index (Phi) is 6.76. The Balaban J connectivity index is 2.04. The van der Waals surface area contributed by atoms with Gasteiger partial charge in [-0.1, -0.05) is 13.8 Å². The van der Waals surface area contributed by atoms with E-state index < -0.39 is 10.0 Å². The summed E-state index contributed by atoms with van der Waals surface area (Å²) in [5, 5.41) is 8.58. The molecule has 2 amide bonds. The summed E-state index contributed by atoms with van der Waals surface area (Å²) >= 11 is 1.81. The van der Waals surface area contributed by atoms with Crippen molar-refractivity contribution in [1.82, 2.24) is 4.90 Å². The summed E-state index contributed by atoms with van der Waals surface area (Å²) in [6.07, 6.45) is 2.55. The second-order valence-electron chi connectivity index (χ2n) is 6.56. The summed E-state index contributed by atoms with van der Waals surface area (Å²) in [5.41, 5.74) is 1.74. The van der Waals surface area contributed by atoms with Crippen LogP contribution in [0.15, 0.2) is 23.1 Å². The zero-order chi connectivity index (χ0) is 18.6. The molecule has 6 nitrogen and oxygen atoms in total. The van der Waals surface area contributed by atoms with Gasteiger partial charge >= 0.3 is 6.03 Å². The Morgan fingerprint density at radius 1 is 1.48 bits per heavy atom. The van der Waals surface area contributed by atoms with Crippen LogP contribution < -0.4 is 10.5 Å². The maximum atomic E-state index is 12.5. The smallest absolute Gasteiger partial charge is 0.320 e. The van der Waals surface area contributed by atoms with E-state index in [1.54, 1.807) is 4.90 Å². The first-order valence-corrected chi connectivity index (χ1v) is 11.1. The highest BCUT2D eigenvalue weighted by Crippen LogP contribution is 2.29. The van der Waals surface area contributed by atoms with Crippen LogP contribution >= 0.6 is 11.8 Å². The Bertz CT molecular complexity index is 722. The van der Waals surface area contributed by atoms with Crippen LogP contribution in [0.4, 0.5) is 10.5 Å². The third-order valence-corrected chi connectivity index (χ3v) is 6.53. The highest BCUT2D eigenvalue weighted by Gasteiger charge is 2.31. The predicted molar refractivity (Wildman–Crippen MR) is 104 cm³/mol. The number of anilines is 1. The Labute approximate surface area is 154 Å². The van der Waals surface area contributed by atoms with E-state index in [1.165, 1.54) is 4.90 Å². The van der Waals surface area contributed by atoms with Crippen LogP contribution in [0.3, 0.4) is 0 Å². The molecule has 1 saturated heterocycles. The normalized spacial score (nSPS) is 19.0. The summed E-state index contributed by atoms with van der Waals surface area (Å²) in [6, 6.07) is 5.36. The number of rotatable bonds is 6. The van der Waals surface area contributed by atoms with Gasteiger partial charge in [0.05, 0.1) is 5.75 Å². The fourth-order valence-electron chi connectivity index (χ4n) is 2.90. The first kappa shape index (κ1) is 20.1. The van der Waals surface area contributed by atoms with Crippen LogP contribution in [-0.4, -0.2) is 42.9 Å². The monoisotopic (exact) mass is 385 g/mol. The average Bonchev–Trinajstić information content (AvgIpc) is 2.95. The average molecular weight is 386 g/mol. The fourth-order valence-corrected chi connectivity index (χ4v) is 4.80. The molecular formula is C17H27N3O3S2.